The fourth-order valence-electron chi connectivity index (χ4n) is 0.981. The van der Waals surface area contributed by atoms with E-state index in [2.05, 4.69) is 4.74 Å². The van der Waals surface area contributed by atoms with Gasteiger partial charge in [-0.3, -0.25) is 0 Å². The first-order valence-corrected chi connectivity index (χ1v) is 3.54. The second kappa shape index (κ2) is 3.33. The van der Waals surface area contributed by atoms with Gasteiger partial charge in [-0.1, -0.05) is 0 Å². The van der Waals surface area contributed by atoms with Gasteiger partial charge in [0, 0.05) is 6.07 Å². The molecule has 0 amide bonds. The van der Waals surface area contributed by atoms with Crippen molar-refractivity contribution in [3.05, 3.63) is 11.6 Å². The summed E-state index contributed by atoms with van der Waals surface area (Å²) in [4.78, 5) is 10.5. The van der Waals surface area contributed by atoms with Gasteiger partial charge in [0.25, 0.3) is 0 Å². The number of benzene rings is 1. The van der Waals surface area contributed by atoms with Crippen molar-refractivity contribution in [2.24, 2.45) is 0 Å². The summed E-state index contributed by atoms with van der Waals surface area (Å²) in [6.45, 7) is 0. The van der Waals surface area contributed by atoms with Crippen LogP contribution in [0.25, 0.3) is 0 Å². The van der Waals surface area contributed by atoms with Crippen LogP contribution in [0.3, 0.4) is 0 Å². The Bertz CT molecular complexity index is 384. The minimum Gasteiger partial charge on any atom is -0.504 e. The Morgan fingerprint density at radius 2 is 1.86 bits per heavy atom. The van der Waals surface area contributed by atoms with Gasteiger partial charge in [0.1, 0.15) is 5.56 Å². The Balaban J connectivity index is 3.50. The molecule has 0 spiro atoms. The van der Waals surface area contributed by atoms with E-state index in [0.29, 0.717) is 0 Å². The molecule has 0 aromatic heterocycles. The molecule has 0 aliphatic rings. The third kappa shape index (κ3) is 1.37. The van der Waals surface area contributed by atoms with Crippen molar-refractivity contribution < 1.29 is 30.0 Å². The quantitative estimate of drug-likeness (QED) is 0.409. The van der Waals surface area contributed by atoms with Gasteiger partial charge in [0.15, 0.2) is 11.5 Å². The highest BCUT2D eigenvalue weighted by molar-refractivity contribution is 5.93. The topological polar surface area (TPSA) is 107 Å². The molecule has 0 atom stereocenters. The van der Waals surface area contributed by atoms with Crippen molar-refractivity contribution in [1.29, 1.82) is 0 Å². The van der Waals surface area contributed by atoms with E-state index in [4.69, 9.17) is 15.3 Å². The fourth-order valence-corrected chi connectivity index (χ4v) is 0.981. The van der Waals surface area contributed by atoms with Crippen LogP contribution in [0.15, 0.2) is 6.07 Å². The molecule has 1 aromatic carbocycles. The molecule has 0 saturated carbocycles. The van der Waals surface area contributed by atoms with Crippen LogP contribution >= 0.6 is 0 Å². The third-order valence-electron chi connectivity index (χ3n) is 1.64. The van der Waals surface area contributed by atoms with Gasteiger partial charge in [-0.05, 0) is 0 Å². The van der Waals surface area contributed by atoms with Crippen LogP contribution in [0.1, 0.15) is 10.4 Å². The molecule has 0 aliphatic carbocycles. The fraction of sp³-hybridized carbons (Fsp3) is 0.125. The maximum absolute atomic E-state index is 10.5. The van der Waals surface area contributed by atoms with E-state index >= 15 is 0 Å². The van der Waals surface area contributed by atoms with E-state index in [1.807, 2.05) is 0 Å². The lowest BCUT2D eigenvalue weighted by atomic mass is 10.1. The van der Waals surface area contributed by atoms with Crippen molar-refractivity contribution >= 4 is 5.97 Å². The minimum absolute atomic E-state index is 0.470. The summed E-state index contributed by atoms with van der Waals surface area (Å²) in [6.07, 6.45) is 0. The average Bonchev–Trinajstić information content (AvgIpc) is 2.12. The largest absolute Gasteiger partial charge is 0.504 e. The molecule has 0 unspecified atom stereocenters. The number of hydrogen-bond donors (Lipinski definition) is 4. The number of hydrogen-bond acceptors (Lipinski definition) is 5. The van der Waals surface area contributed by atoms with Crippen molar-refractivity contribution in [3.8, 4) is 23.0 Å². The zero-order valence-corrected chi connectivity index (χ0v) is 7.18. The van der Waals surface area contributed by atoms with Crippen LogP contribution in [0, 0.1) is 0 Å². The maximum Gasteiger partial charge on any atom is 0.339 e. The monoisotopic (exact) mass is 200 g/mol. The first-order valence-electron chi connectivity index (χ1n) is 3.54. The number of phenolic OH excluding ortho intramolecular Hbond substituents is 2. The zero-order valence-electron chi connectivity index (χ0n) is 7.18. The highest BCUT2D eigenvalue weighted by Gasteiger charge is 2.21. The molecule has 0 saturated heterocycles. The number of carboxylic acids is 1. The lowest BCUT2D eigenvalue weighted by Gasteiger charge is -2.09. The Labute approximate surface area is 78.6 Å². The molecule has 6 nitrogen and oxygen atoms in total. The molecule has 4 N–H and O–H groups in total. The van der Waals surface area contributed by atoms with Crippen molar-refractivity contribution in [2.75, 3.05) is 7.11 Å². The van der Waals surface area contributed by atoms with Crippen LogP contribution in [0.2, 0.25) is 0 Å². The summed E-state index contributed by atoms with van der Waals surface area (Å²) >= 11 is 0. The van der Waals surface area contributed by atoms with E-state index in [-0.39, 0.29) is 0 Å². The smallest absolute Gasteiger partial charge is 0.339 e. The van der Waals surface area contributed by atoms with Crippen LogP contribution in [-0.4, -0.2) is 33.5 Å². The van der Waals surface area contributed by atoms with Gasteiger partial charge < -0.3 is 25.2 Å². The molecule has 0 bridgehead atoms. The Morgan fingerprint density at radius 1 is 1.29 bits per heavy atom. The first-order chi connectivity index (χ1) is 6.49. The number of phenols is 3. The van der Waals surface area contributed by atoms with Gasteiger partial charge in [-0.2, -0.15) is 0 Å². The molecule has 6 heteroatoms. The summed E-state index contributed by atoms with van der Waals surface area (Å²) in [5.41, 5.74) is -0.544. The van der Waals surface area contributed by atoms with Gasteiger partial charge in [-0.15, -0.1) is 0 Å². The third-order valence-corrected chi connectivity index (χ3v) is 1.64. The number of rotatable bonds is 2. The van der Waals surface area contributed by atoms with Crippen LogP contribution < -0.4 is 4.74 Å². The zero-order chi connectivity index (χ0) is 10.9. The Kier molecular flexibility index (Phi) is 2.37. The first kappa shape index (κ1) is 9.97. The summed E-state index contributed by atoms with van der Waals surface area (Å²) in [7, 11) is 1.12. The molecular weight excluding hydrogens is 192 g/mol. The van der Waals surface area contributed by atoms with Gasteiger partial charge in [-0.25, -0.2) is 4.79 Å². The van der Waals surface area contributed by atoms with Crippen molar-refractivity contribution in [2.45, 2.75) is 0 Å². The van der Waals surface area contributed by atoms with Gasteiger partial charge >= 0.3 is 5.97 Å². The predicted molar refractivity (Wildman–Crippen MR) is 44.9 cm³/mol. The molecule has 14 heavy (non-hydrogen) atoms. The van der Waals surface area contributed by atoms with E-state index in [9.17, 15) is 9.90 Å². The van der Waals surface area contributed by atoms with Crippen molar-refractivity contribution in [1.82, 2.24) is 0 Å². The molecule has 0 heterocycles. The standard InChI is InChI=1S/C8H8O6/c1-14-7-5(10)3(8(12)13)2-4(9)6(7)11/h2,9-11H,1H3,(H,12,13). The van der Waals surface area contributed by atoms with Crippen molar-refractivity contribution in [3.63, 3.8) is 0 Å². The Hall–Kier alpha value is -2.11. The van der Waals surface area contributed by atoms with E-state index in [0.717, 1.165) is 13.2 Å². The summed E-state index contributed by atoms with van der Waals surface area (Å²) in [5, 5.41) is 36.1. The second-order valence-corrected chi connectivity index (χ2v) is 2.48. The highest BCUT2D eigenvalue weighted by Crippen LogP contribution is 2.44. The lowest BCUT2D eigenvalue weighted by Crippen LogP contribution is -1.98. The minimum atomic E-state index is -1.43. The average molecular weight is 200 g/mol. The highest BCUT2D eigenvalue weighted by atomic mass is 16.5. The number of methoxy groups -OCH3 is 1. The molecule has 0 radical (unpaired) electrons. The number of ether oxygens (including phenoxy) is 1. The lowest BCUT2D eigenvalue weighted by molar-refractivity contribution is 0.0692. The number of aromatic hydroxyl groups is 3. The molecule has 0 fully saturated rings. The normalized spacial score (nSPS) is 9.79. The molecular formula is C8H8O6. The molecule has 1 aromatic rings. The van der Waals surface area contributed by atoms with E-state index in [1.165, 1.54) is 0 Å². The number of carboxylic acid groups (broad SMARTS) is 1. The number of carbonyl (C=O) groups is 1. The van der Waals surface area contributed by atoms with E-state index in [1.54, 1.807) is 0 Å². The van der Waals surface area contributed by atoms with E-state index < -0.39 is 34.5 Å². The van der Waals surface area contributed by atoms with Crippen LogP contribution in [-0.2, 0) is 0 Å². The van der Waals surface area contributed by atoms with Gasteiger partial charge in [0.2, 0.25) is 11.5 Å². The summed E-state index contributed by atoms with van der Waals surface area (Å²) < 4.78 is 4.52. The summed E-state index contributed by atoms with van der Waals surface area (Å²) in [5.74, 6) is -4.00. The maximum atomic E-state index is 10.5. The second-order valence-electron chi connectivity index (χ2n) is 2.48. The van der Waals surface area contributed by atoms with Crippen LogP contribution in [0.4, 0.5) is 0 Å². The molecule has 0 aliphatic heterocycles. The predicted octanol–water partition coefficient (Wildman–Crippen LogP) is 0.510. The van der Waals surface area contributed by atoms with Gasteiger partial charge in [0.05, 0.1) is 7.11 Å². The SMILES string of the molecule is COc1c(O)c(O)cc(C(=O)O)c1O. The van der Waals surface area contributed by atoms with Crippen LogP contribution in [0.5, 0.6) is 23.0 Å². The molecule has 76 valence electrons. The number of aromatic carboxylic acids is 1. The molecule has 1 rings (SSSR count). The summed E-state index contributed by atoms with van der Waals surface area (Å²) in [6, 6.07) is 0.732. The Morgan fingerprint density at radius 3 is 2.29 bits per heavy atom.